The van der Waals surface area contributed by atoms with Crippen molar-refractivity contribution in [1.29, 1.82) is 0 Å². The van der Waals surface area contributed by atoms with Gasteiger partial charge in [-0.05, 0) is 31.2 Å². The van der Waals surface area contributed by atoms with Crippen molar-refractivity contribution in [3.63, 3.8) is 0 Å². The number of halogens is 13. The van der Waals surface area contributed by atoms with Crippen molar-refractivity contribution in [3.05, 3.63) is 29.8 Å². The topological polar surface area (TPSA) is 35.5 Å². The summed E-state index contributed by atoms with van der Waals surface area (Å²) in [5, 5.41) is 0. The molecule has 0 N–H and O–H groups in total. The molecule has 0 aromatic heterocycles. The molecule has 1 aromatic carbocycles. The second-order valence-corrected chi connectivity index (χ2v) is 6.19. The molecule has 0 aliphatic heterocycles. The number of hydrogen-bond acceptors (Lipinski definition) is 3. The van der Waals surface area contributed by atoms with Gasteiger partial charge < -0.3 is 9.47 Å². The molecule has 1 atom stereocenters. The zero-order chi connectivity index (χ0) is 25.6. The van der Waals surface area contributed by atoms with E-state index in [1.165, 1.54) is 7.11 Å². The van der Waals surface area contributed by atoms with E-state index in [2.05, 4.69) is 9.47 Å². The number of carbonyl (C=O) groups is 1. The number of methoxy groups -OCH3 is 1. The Kier molecular flexibility index (Phi) is 7.05. The minimum absolute atomic E-state index is 0.110. The summed E-state index contributed by atoms with van der Waals surface area (Å²) in [6.45, 7) is -0.189. The molecule has 0 aliphatic carbocycles. The summed E-state index contributed by atoms with van der Waals surface area (Å²) in [6.07, 6.45) is -11.2. The van der Waals surface area contributed by atoms with Gasteiger partial charge in [-0.15, -0.1) is 0 Å². The molecule has 0 aliphatic rings. The standard InChI is InChI=1S/C16H11F13O3/c1-7(32-10(30)8-3-5-9(31-2)6-4-8)11(17,18)12(19,20)13(21,22)14(23,24)15(25,26)16(27,28)29/h3-7H,1-2H3. The number of ether oxygens (including phenoxy) is 2. The van der Waals surface area contributed by atoms with Crippen LogP contribution in [0.4, 0.5) is 57.1 Å². The summed E-state index contributed by atoms with van der Waals surface area (Å²) >= 11 is 0. The molecule has 16 heteroatoms. The molecule has 0 bridgehead atoms. The monoisotopic (exact) mass is 498 g/mol. The van der Waals surface area contributed by atoms with Crippen LogP contribution in [-0.4, -0.2) is 55.0 Å². The maximum Gasteiger partial charge on any atom is 0.460 e. The second kappa shape index (κ2) is 8.17. The molecule has 0 amide bonds. The van der Waals surface area contributed by atoms with Gasteiger partial charge in [0.2, 0.25) is 0 Å². The maximum absolute atomic E-state index is 13.9. The Morgan fingerprint density at radius 2 is 1.12 bits per heavy atom. The van der Waals surface area contributed by atoms with Crippen LogP contribution in [0.25, 0.3) is 0 Å². The van der Waals surface area contributed by atoms with Gasteiger partial charge in [0.25, 0.3) is 0 Å². The molecule has 0 heterocycles. The average molecular weight is 498 g/mol. The molecule has 0 saturated heterocycles. The third kappa shape index (κ3) is 4.14. The molecule has 0 fully saturated rings. The van der Waals surface area contributed by atoms with Gasteiger partial charge >= 0.3 is 41.8 Å². The summed E-state index contributed by atoms with van der Waals surface area (Å²) in [5.74, 6) is -39.6. The predicted octanol–water partition coefficient (Wildman–Crippen LogP) is 5.98. The van der Waals surface area contributed by atoms with E-state index < -0.39 is 53.4 Å². The van der Waals surface area contributed by atoms with E-state index in [-0.39, 0.29) is 12.7 Å². The van der Waals surface area contributed by atoms with Gasteiger partial charge in [0.15, 0.2) is 6.10 Å². The van der Waals surface area contributed by atoms with E-state index >= 15 is 0 Å². The zero-order valence-corrected chi connectivity index (χ0v) is 15.5. The first-order valence-corrected chi connectivity index (χ1v) is 7.90. The molecular weight excluding hydrogens is 487 g/mol. The molecule has 1 rings (SSSR count). The average Bonchev–Trinajstić information content (AvgIpc) is 2.66. The lowest BCUT2D eigenvalue weighted by atomic mass is 9.92. The SMILES string of the molecule is COc1ccc(C(=O)OC(C)C(F)(F)C(F)(F)C(F)(F)C(F)(F)C(F)(F)C(F)(F)F)cc1. The van der Waals surface area contributed by atoms with Crippen molar-refractivity contribution >= 4 is 5.97 Å². The van der Waals surface area contributed by atoms with Crippen molar-refractivity contribution in [1.82, 2.24) is 0 Å². The van der Waals surface area contributed by atoms with E-state index in [0.29, 0.717) is 0 Å². The number of alkyl halides is 13. The molecular formula is C16H11F13O3. The van der Waals surface area contributed by atoms with Crippen molar-refractivity contribution in [3.8, 4) is 5.75 Å². The fraction of sp³-hybridized carbons (Fsp3) is 0.562. The lowest BCUT2D eigenvalue weighted by molar-refractivity contribution is -0.443. The predicted molar refractivity (Wildman–Crippen MR) is 78.7 cm³/mol. The molecule has 32 heavy (non-hydrogen) atoms. The van der Waals surface area contributed by atoms with Crippen LogP contribution in [0.5, 0.6) is 5.75 Å². The molecule has 1 aromatic rings. The largest absolute Gasteiger partial charge is 0.497 e. The highest BCUT2D eigenvalue weighted by Gasteiger charge is 2.91. The van der Waals surface area contributed by atoms with E-state index in [9.17, 15) is 61.9 Å². The summed E-state index contributed by atoms with van der Waals surface area (Å²) in [5.41, 5.74) is -0.641. The molecule has 3 nitrogen and oxygen atoms in total. The second-order valence-electron chi connectivity index (χ2n) is 6.19. The van der Waals surface area contributed by atoms with Gasteiger partial charge in [0.05, 0.1) is 12.7 Å². The molecule has 1 unspecified atom stereocenters. The zero-order valence-electron chi connectivity index (χ0n) is 15.5. The lowest BCUT2D eigenvalue weighted by Crippen LogP contribution is -2.71. The number of benzene rings is 1. The summed E-state index contributed by atoms with van der Waals surface area (Å²) in [7, 11) is 1.18. The maximum atomic E-state index is 13.9. The quantitative estimate of drug-likeness (QED) is 0.327. The van der Waals surface area contributed by atoms with Crippen molar-refractivity contribution in [2.75, 3.05) is 7.11 Å². The van der Waals surface area contributed by atoms with Gasteiger partial charge in [-0.2, -0.15) is 57.1 Å². The highest BCUT2D eigenvalue weighted by Crippen LogP contribution is 2.60. The Bertz CT molecular complexity index is 815. The number of carbonyl (C=O) groups excluding carboxylic acids is 1. The van der Waals surface area contributed by atoms with Crippen LogP contribution in [-0.2, 0) is 4.74 Å². The van der Waals surface area contributed by atoms with Crippen LogP contribution < -0.4 is 4.74 Å². The number of hydrogen-bond donors (Lipinski definition) is 0. The molecule has 0 saturated carbocycles. The van der Waals surface area contributed by atoms with Crippen LogP contribution in [0.1, 0.15) is 17.3 Å². The Morgan fingerprint density at radius 3 is 1.50 bits per heavy atom. The third-order valence-corrected chi connectivity index (χ3v) is 4.08. The van der Waals surface area contributed by atoms with Crippen molar-refractivity contribution < 1.29 is 71.3 Å². The fourth-order valence-electron chi connectivity index (χ4n) is 2.07. The highest BCUT2D eigenvalue weighted by atomic mass is 19.4. The first-order chi connectivity index (χ1) is 14.1. The molecule has 0 radical (unpaired) electrons. The van der Waals surface area contributed by atoms with Gasteiger partial charge in [-0.25, -0.2) is 4.79 Å². The Hall–Kier alpha value is -2.42. The Labute approximate surface area is 170 Å². The van der Waals surface area contributed by atoms with Crippen molar-refractivity contribution in [2.45, 2.75) is 48.8 Å². The fourth-order valence-corrected chi connectivity index (χ4v) is 2.07. The van der Waals surface area contributed by atoms with Gasteiger partial charge in [0.1, 0.15) is 5.75 Å². The number of esters is 1. The van der Waals surface area contributed by atoms with Crippen LogP contribution >= 0.6 is 0 Å². The van der Waals surface area contributed by atoms with E-state index in [1.807, 2.05) is 0 Å². The molecule has 184 valence electrons. The Morgan fingerprint density at radius 1 is 0.719 bits per heavy atom. The van der Waals surface area contributed by atoms with Gasteiger partial charge in [-0.3, -0.25) is 0 Å². The van der Waals surface area contributed by atoms with Gasteiger partial charge in [0, 0.05) is 0 Å². The van der Waals surface area contributed by atoms with E-state index in [1.54, 1.807) is 0 Å². The first kappa shape index (κ1) is 27.6. The Balaban J connectivity index is 3.29. The third-order valence-electron chi connectivity index (χ3n) is 4.08. The summed E-state index contributed by atoms with van der Waals surface area (Å²) < 4.78 is 179. The highest BCUT2D eigenvalue weighted by molar-refractivity contribution is 5.89. The van der Waals surface area contributed by atoms with Crippen LogP contribution in [0, 0.1) is 0 Å². The van der Waals surface area contributed by atoms with Crippen molar-refractivity contribution in [2.24, 2.45) is 0 Å². The van der Waals surface area contributed by atoms with E-state index in [4.69, 9.17) is 0 Å². The number of rotatable bonds is 8. The van der Waals surface area contributed by atoms with Crippen LogP contribution in [0.2, 0.25) is 0 Å². The van der Waals surface area contributed by atoms with Crippen LogP contribution in [0.15, 0.2) is 24.3 Å². The summed E-state index contributed by atoms with van der Waals surface area (Å²) in [4.78, 5) is 11.7. The normalized spacial score (nSPS) is 15.3. The van der Waals surface area contributed by atoms with Crippen LogP contribution in [0.3, 0.4) is 0 Å². The minimum Gasteiger partial charge on any atom is -0.497 e. The smallest absolute Gasteiger partial charge is 0.460 e. The lowest BCUT2D eigenvalue weighted by Gasteiger charge is -2.40. The first-order valence-electron chi connectivity index (χ1n) is 7.90. The summed E-state index contributed by atoms with van der Waals surface area (Å²) in [6, 6.07) is 3.75. The van der Waals surface area contributed by atoms with E-state index in [0.717, 1.165) is 24.3 Å². The molecule has 0 spiro atoms. The minimum atomic E-state index is -8.02. The van der Waals surface area contributed by atoms with Gasteiger partial charge in [-0.1, -0.05) is 0 Å².